The third-order valence-corrected chi connectivity index (χ3v) is 2.07. The maximum Gasteiger partial charge on any atom is 0.300 e. The minimum Gasteiger partial charge on any atom is -0.508 e. The van der Waals surface area contributed by atoms with Gasteiger partial charge in [0.25, 0.3) is 5.97 Å². The summed E-state index contributed by atoms with van der Waals surface area (Å²) >= 11 is 0. The molecule has 0 aliphatic heterocycles. The van der Waals surface area contributed by atoms with Crippen LogP contribution in [0.1, 0.15) is 18.1 Å². The summed E-state index contributed by atoms with van der Waals surface area (Å²) in [5.74, 6) is -0.396. The van der Waals surface area contributed by atoms with Gasteiger partial charge in [0, 0.05) is 12.5 Å². The van der Waals surface area contributed by atoms with Gasteiger partial charge in [-0.05, 0) is 24.5 Å². The number of aliphatic carboxylic acids is 1. The number of carbonyl (C=O) groups is 1. The largest absolute Gasteiger partial charge is 0.508 e. The van der Waals surface area contributed by atoms with Gasteiger partial charge in [0.2, 0.25) is 0 Å². The van der Waals surface area contributed by atoms with E-state index in [4.69, 9.17) is 9.90 Å². The maximum absolute atomic E-state index is 9.42. The molecule has 0 aromatic heterocycles. The lowest BCUT2D eigenvalue weighted by atomic mass is 9.96. The Balaban J connectivity index is 0.000000245. The fourth-order valence-electron chi connectivity index (χ4n) is 1.46. The molecule has 0 spiro atoms. The lowest BCUT2D eigenvalue weighted by Gasteiger charge is -2.11. The van der Waals surface area contributed by atoms with Crippen LogP contribution in [0.2, 0.25) is 0 Å². The molecule has 0 heterocycles. The molecule has 0 fully saturated rings. The Morgan fingerprint density at radius 1 is 1.27 bits per heavy atom. The first-order valence-corrected chi connectivity index (χ1v) is 4.75. The van der Waals surface area contributed by atoms with E-state index >= 15 is 0 Å². The highest BCUT2D eigenvalue weighted by atomic mass is 16.4. The van der Waals surface area contributed by atoms with Crippen molar-refractivity contribution in [1.82, 2.24) is 0 Å². The van der Waals surface area contributed by atoms with Crippen molar-refractivity contribution >= 4 is 5.97 Å². The Hall–Kier alpha value is -1.77. The molecule has 3 heteroatoms. The Labute approximate surface area is 88.7 Å². The van der Waals surface area contributed by atoms with Crippen molar-refractivity contribution in [3.63, 3.8) is 0 Å². The van der Waals surface area contributed by atoms with Crippen molar-refractivity contribution in [2.75, 3.05) is 0 Å². The Bertz CT molecular complexity index is 376. The van der Waals surface area contributed by atoms with Gasteiger partial charge in [0.15, 0.2) is 0 Å². The van der Waals surface area contributed by atoms with Crippen molar-refractivity contribution in [3.8, 4) is 5.75 Å². The molecule has 0 unspecified atom stereocenters. The smallest absolute Gasteiger partial charge is 0.300 e. The highest BCUT2D eigenvalue weighted by Crippen LogP contribution is 2.24. The number of allylic oxidation sites excluding steroid dienone is 2. The molecule has 0 atom stereocenters. The van der Waals surface area contributed by atoms with E-state index in [0.717, 1.165) is 25.3 Å². The first kappa shape index (κ1) is 11.3. The number of benzene rings is 1. The number of rotatable bonds is 0. The SMILES string of the molecule is CC(=O)O.Oc1cccc2c1CC=CC2. The van der Waals surface area contributed by atoms with E-state index in [1.165, 1.54) is 5.56 Å². The highest BCUT2D eigenvalue weighted by Gasteiger charge is 2.07. The molecule has 0 saturated carbocycles. The molecule has 0 radical (unpaired) electrons. The predicted molar refractivity (Wildman–Crippen MR) is 58.0 cm³/mol. The molecule has 2 rings (SSSR count). The van der Waals surface area contributed by atoms with Crippen LogP contribution in [0, 0.1) is 0 Å². The first-order valence-electron chi connectivity index (χ1n) is 4.75. The Morgan fingerprint density at radius 3 is 2.47 bits per heavy atom. The average molecular weight is 206 g/mol. The number of carboxylic acid groups (broad SMARTS) is 1. The van der Waals surface area contributed by atoms with E-state index in [1.807, 2.05) is 6.07 Å². The van der Waals surface area contributed by atoms with Gasteiger partial charge in [0.1, 0.15) is 5.75 Å². The monoisotopic (exact) mass is 206 g/mol. The zero-order valence-electron chi connectivity index (χ0n) is 8.60. The van der Waals surface area contributed by atoms with Crippen LogP contribution in [0.25, 0.3) is 0 Å². The summed E-state index contributed by atoms with van der Waals surface area (Å²) < 4.78 is 0. The van der Waals surface area contributed by atoms with Crippen molar-refractivity contribution in [2.45, 2.75) is 19.8 Å². The van der Waals surface area contributed by atoms with E-state index in [-0.39, 0.29) is 0 Å². The lowest BCUT2D eigenvalue weighted by Crippen LogP contribution is -1.96. The molecule has 2 N–H and O–H groups in total. The average Bonchev–Trinajstić information content (AvgIpc) is 2.18. The van der Waals surface area contributed by atoms with Crippen molar-refractivity contribution in [3.05, 3.63) is 41.5 Å². The van der Waals surface area contributed by atoms with Crippen molar-refractivity contribution < 1.29 is 15.0 Å². The molecule has 1 aromatic rings. The van der Waals surface area contributed by atoms with Crippen LogP contribution in [0.15, 0.2) is 30.4 Å². The minimum absolute atomic E-state index is 0.437. The van der Waals surface area contributed by atoms with Crippen molar-refractivity contribution in [1.29, 1.82) is 0 Å². The number of hydrogen-bond donors (Lipinski definition) is 2. The van der Waals surface area contributed by atoms with Crippen LogP contribution in [0.3, 0.4) is 0 Å². The van der Waals surface area contributed by atoms with Crippen LogP contribution >= 0.6 is 0 Å². The van der Waals surface area contributed by atoms with Gasteiger partial charge >= 0.3 is 0 Å². The zero-order valence-corrected chi connectivity index (χ0v) is 8.60. The van der Waals surface area contributed by atoms with Crippen LogP contribution in [0.4, 0.5) is 0 Å². The normalized spacial score (nSPS) is 12.3. The standard InChI is InChI=1S/C10H10O.C2H4O2/c11-10-7-3-5-8-4-1-2-6-9(8)10;1-2(3)4/h1-3,5,7,11H,4,6H2;1H3,(H,3,4). The second-order valence-corrected chi connectivity index (χ2v) is 3.31. The van der Waals surface area contributed by atoms with Gasteiger partial charge in [-0.3, -0.25) is 4.79 Å². The van der Waals surface area contributed by atoms with Gasteiger partial charge in [-0.2, -0.15) is 0 Å². The zero-order chi connectivity index (χ0) is 11.3. The number of carboxylic acids is 1. The summed E-state index contributed by atoms with van der Waals surface area (Å²) in [4.78, 5) is 9.00. The van der Waals surface area contributed by atoms with Gasteiger partial charge in [-0.1, -0.05) is 24.3 Å². The number of phenolic OH excluding ortho intramolecular Hbond substituents is 1. The molecular weight excluding hydrogens is 192 g/mol. The number of phenols is 1. The topological polar surface area (TPSA) is 57.5 Å². The molecule has 0 bridgehead atoms. The first-order chi connectivity index (χ1) is 7.11. The molecule has 80 valence electrons. The maximum atomic E-state index is 9.42. The molecule has 3 nitrogen and oxygen atoms in total. The number of hydrogen-bond acceptors (Lipinski definition) is 2. The summed E-state index contributed by atoms with van der Waals surface area (Å²) in [5, 5.41) is 16.8. The third kappa shape index (κ3) is 3.46. The van der Waals surface area contributed by atoms with Crippen LogP contribution < -0.4 is 0 Å². The van der Waals surface area contributed by atoms with Gasteiger partial charge in [-0.25, -0.2) is 0 Å². The quantitative estimate of drug-likeness (QED) is 0.639. The van der Waals surface area contributed by atoms with Gasteiger partial charge in [-0.15, -0.1) is 0 Å². The van der Waals surface area contributed by atoms with E-state index < -0.39 is 5.97 Å². The predicted octanol–water partition coefficient (Wildman–Crippen LogP) is 2.14. The second kappa shape index (κ2) is 5.20. The highest BCUT2D eigenvalue weighted by molar-refractivity contribution is 5.62. The van der Waals surface area contributed by atoms with E-state index in [9.17, 15) is 5.11 Å². The molecule has 1 aliphatic rings. The van der Waals surface area contributed by atoms with Crippen LogP contribution in [-0.4, -0.2) is 16.2 Å². The summed E-state index contributed by atoms with van der Waals surface area (Å²) in [6.45, 7) is 1.08. The molecule has 0 saturated heterocycles. The van der Waals surface area contributed by atoms with E-state index in [0.29, 0.717) is 5.75 Å². The van der Waals surface area contributed by atoms with E-state index in [2.05, 4.69) is 18.2 Å². The summed E-state index contributed by atoms with van der Waals surface area (Å²) in [6.07, 6.45) is 6.08. The molecule has 15 heavy (non-hydrogen) atoms. The van der Waals surface area contributed by atoms with Gasteiger partial charge < -0.3 is 10.2 Å². The second-order valence-electron chi connectivity index (χ2n) is 3.31. The number of fused-ring (bicyclic) bond motifs is 1. The fraction of sp³-hybridized carbons (Fsp3) is 0.250. The van der Waals surface area contributed by atoms with E-state index in [1.54, 1.807) is 6.07 Å². The van der Waals surface area contributed by atoms with Crippen molar-refractivity contribution in [2.24, 2.45) is 0 Å². The molecule has 0 amide bonds. The summed E-state index contributed by atoms with van der Waals surface area (Å²) in [7, 11) is 0. The third-order valence-electron chi connectivity index (χ3n) is 2.07. The van der Waals surface area contributed by atoms with Crippen LogP contribution in [-0.2, 0) is 17.6 Å². The fourth-order valence-corrected chi connectivity index (χ4v) is 1.46. The number of aromatic hydroxyl groups is 1. The van der Waals surface area contributed by atoms with Crippen LogP contribution in [0.5, 0.6) is 5.75 Å². The molecule has 1 aliphatic carbocycles. The molecule has 1 aromatic carbocycles. The summed E-state index contributed by atoms with van der Waals surface area (Å²) in [6, 6.07) is 5.71. The lowest BCUT2D eigenvalue weighted by molar-refractivity contribution is -0.134. The Morgan fingerprint density at radius 2 is 1.87 bits per heavy atom. The summed E-state index contributed by atoms with van der Waals surface area (Å²) in [5.41, 5.74) is 2.35. The molecular formula is C12H14O3. The van der Waals surface area contributed by atoms with Gasteiger partial charge in [0.05, 0.1) is 0 Å². The minimum atomic E-state index is -0.833. The Kier molecular flexibility index (Phi) is 3.92.